The fourth-order valence-corrected chi connectivity index (χ4v) is 5.99. The summed E-state index contributed by atoms with van der Waals surface area (Å²) in [6.45, 7) is 0. The molecule has 3 aromatic heterocycles. The zero-order valence-electron chi connectivity index (χ0n) is 15.0. The van der Waals surface area contributed by atoms with E-state index in [1.54, 1.807) is 22.7 Å². The second kappa shape index (κ2) is 7.55. The van der Waals surface area contributed by atoms with Crippen LogP contribution in [0.25, 0.3) is 20.3 Å². The molecule has 1 aromatic carbocycles. The molecule has 1 aliphatic heterocycles. The number of nitrogens with zero attached hydrogens (tertiary/aromatic N) is 1. The molecule has 2 amide bonds. The number of carbonyl (C=O) groups is 2. The van der Waals surface area contributed by atoms with Gasteiger partial charge in [0.15, 0.2) is 5.13 Å². The molecule has 0 aliphatic carbocycles. The molecule has 0 saturated carbocycles. The van der Waals surface area contributed by atoms with Gasteiger partial charge in [-0.3, -0.25) is 9.59 Å². The van der Waals surface area contributed by atoms with E-state index >= 15 is 0 Å². The highest BCUT2D eigenvalue weighted by Gasteiger charge is 2.31. The monoisotopic (exact) mass is 437 g/mol. The van der Waals surface area contributed by atoms with E-state index < -0.39 is 5.92 Å². The summed E-state index contributed by atoms with van der Waals surface area (Å²) in [4.78, 5) is 33.1. The lowest BCUT2D eigenvalue weighted by atomic mass is 9.90. The molecule has 0 bridgehead atoms. The molecule has 8 heteroatoms. The van der Waals surface area contributed by atoms with E-state index in [4.69, 9.17) is 4.98 Å². The molecule has 0 fully saturated rings. The Morgan fingerprint density at radius 1 is 1.03 bits per heavy atom. The van der Waals surface area contributed by atoms with Gasteiger partial charge in [0, 0.05) is 17.0 Å². The third kappa shape index (κ3) is 3.50. The number of amides is 2. The molecule has 5 rings (SSSR count). The summed E-state index contributed by atoms with van der Waals surface area (Å²) in [5.41, 5.74) is 2.41. The fourth-order valence-electron chi connectivity index (χ4n) is 3.37. The number of hydrogen-bond donors (Lipinski definition) is 2. The lowest BCUT2D eigenvalue weighted by Gasteiger charge is -2.24. The zero-order valence-corrected chi connectivity index (χ0v) is 17.5. The number of thiophene rings is 2. The van der Waals surface area contributed by atoms with Gasteiger partial charge < -0.3 is 10.6 Å². The minimum absolute atomic E-state index is 0.129. The first kappa shape index (κ1) is 18.2. The maximum atomic E-state index is 13.1. The van der Waals surface area contributed by atoms with Crippen LogP contribution < -0.4 is 10.6 Å². The van der Waals surface area contributed by atoms with Crippen molar-refractivity contribution in [2.24, 2.45) is 0 Å². The Hall–Kier alpha value is -2.81. The molecule has 144 valence electrons. The number of rotatable bonds is 4. The third-order valence-electron chi connectivity index (χ3n) is 4.67. The fraction of sp³-hybridized carbons (Fsp3) is 0.0952. The molecule has 5 nitrogen and oxygen atoms in total. The van der Waals surface area contributed by atoms with Crippen molar-refractivity contribution in [3.05, 3.63) is 64.9 Å². The number of nitrogens with one attached hydrogen (secondary N) is 2. The van der Waals surface area contributed by atoms with Crippen molar-refractivity contribution in [2.45, 2.75) is 12.3 Å². The van der Waals surface area contributed by atoms with Gasteiger partial charge in [-0.15, -0.1) is 22.7 Å². The van der Waals surface area contributed by atoms with E-state index in [9.17, 15) is 9.59 Å². The lowest BCUT2D eigenvalue weighted by molar-refractivity contribution is -0.123. The Kier molecular flexibility index (Phi) is 4.75. The molecule has 4 heterocycles. The summed E-state index contributed by atoms with van der Waals surface area (Å²) in [5.74, 6) is -0.891. The molecule has 0 spiro atoms. The van der Waals surface area contributed by atoms with Gasteiger partial charge in [-0.1, -0.05) is 41.7 Å². The van der Waals surface area contributed by atoms with Crippen molar-refractivity contribution in [2.75, 3.05) is 10.6 Å². The normalized spacial score (nSPS) is 15.6. The van der Waals surface area contributed by atoms with Crippen molar-refractivity contribution in [1.29, 1.82) is 0 Å². The molecular weight excluding hydrogens is 422 g/mol. The second-order valence-electron chi connectivity index (χ2n) is 6.53. The van der Waals surface area contributed by atoms with Gasteiger partial charge in [0.25, 0.3) is 0 Å². The highest BCUT2D eigenvalue weighted by atomic mass is 32.1. The van der Waals surface area contributed by atoms with Gasteiger partial charge in [0.1, 0.15) is 5.69 Å². The first-order chi connectivity index (χ1) is 14.2. The van der Waals surface area contributed by atoms with E-state index in [1.807, 2.05) is 53.2 Å². The third-order valence-corrected chi connectivity index (χ3v) is 7.57. The summed E-state index contributed by atoms with van der Waals surface area (Å²) in [6, 6.07) is 15.5. The Morgan fingerprint density at radius 3 is 2.55 bits per heavy atom. The number of carbonyl (C=O) groups excluding carboxylic acids is 2. The molecule has 2 N–H and O–H groups in total. The van der Waals surface area contributed by atoms with E-state index in [-0.39, 0.29) is 18.2 Å². The summed E-state index contributed by atoms with van der Waals surface area (Å²) >= 11 is 4.73. The van der Waals surface area contributed by atoms with Crippen molar-refractivity contribution in [3.63, 3.8) is 0 Å². The maximum Gasteiger partial charge on any atom is 0.234 e. The number of thiazole rings is 1. The predicted molar refractivity (Wildman–Crippen MR) is 120 cm³/mol. The molecule has 1 aliphatic rings. The summed E-state index contributed by atoms with van der Waals surface area (Å²) in [7, 11) is 0. The lowest BCUT2D eigenvalue weighted by Crippen LogP contribution is -2.30. The van der Waals surface area contributed by atoms with Gasteiger partial charge in [0.2, 0.25) is 11.8 Å². The van der Waals surface area contributed by atoms with Gasteiger partial charge in [0.05, 0.1) is 15.7 Å². The molecule has 29 heavy (non-hydrogen) atoms. The first-order valence-electron chi connectivity index (χ1n) is 8.97. The number of aromatic nitrogens is 1. The van der Waals surface area contributed by atoms with Crippen LogP contribution in [0.3, 0.4) is 0 Å². The zero-order chi connectivity index (χ0) is 19.8. The van der Waals surface area contributed by atoms with Crippen LogP contribution in [0.1, 0.15) is 17.9 Å². The first-order valence-corrected chi connectivity index (χ1v) is 11.5. The van der Waals surface area contributed by atoms with Gasteiger partial charge in [-0.25, -0.2) is 4.98 Å². The molecule has 0 saturated heterocycles. The molecular formula is C21H15N3O2S3. The molecule has 0 unspecified atom stereocenters. The SMILES string of the molecule is O=C1C[C@H](C(=O)Nc2nc(-c3cccs3)c(-c3cccs3)s2)c2ccccc2N1. The summed E-state index contributed by atoms with van der Waals surface area (Å²) in [6.07, 6.45) is 0.129. The van der Waals surface area contributed by atoms with Crippen LogP contribution in [-0.2, 0) is 9.59 Å². The Morgan fingerprint density at radius 2 is 1.79 bits per heavy atom. The number of benzene rings is 1. The van der Waals surface area contributed by atoms with Gasteiger partial charge >= 0.3 is 0 Å². The quantitative estimate of drug-likeness (QED) is 0.432. The average molecular weight is 438 g/mol. The summed E-state index contributed by atoms with van der Waals surface area (Å²) in [5, 5.41) is 10.4. The average Bonchev–Trinajstić information content (AvgIpc) is 3.47. The van der Waals surface area contributed by atoms with Crippen molar-refractivity contribution in [1.82, 2.24) is 4.98 Å². The molecule has 1 atom stereocenters. The highest BCUT2D eigenvalue weighted by molar-refractivity contribution is 7.24. The van der Waals surface area contributed by atoms with Crippen LogP contribution in [0, 0.1) is 0 Å². The molecule has 4 aromatic rings. The topological polar surface area (TPSA) is 71.1 Å². The van der Waals surface area contributed by atoms with Crippen LogP contribution in [-0.4, -0.2) is 16.8 Å². The summed E-state index contributed by atoms with van der Waals surface area (Å²) < 4.78 is 0. The van der Waals surface area contributed by atoms with Crippen molar-refractivity contribution >= 4 is 56.6 Å². The maximum absolute atomic E-state index is 13.1. The Balaban J connectivity index is 1.48. The van der Waals surface area contributed by atoms with Crippen LogP contribution in [0.4, 0.5) is 10.8 Å². The number of para-hydroxylation sites is 1. The van der Waals surface area contributed by atoms with E-state index in [0.717, 1.165) is 25.9 Å². The largest absolute Gasteiger partial charge is 0.326 e. The van der Waals surface area contributed by atoms with E-state index in [1.165, 1.54) is 11.3 Å². The predicted octanol–water partition coefficient (Wildman–Crippen LogP) is 5.66. The van der Waals surface area contributed by atoms with Gasteiger partial charge in [-0.2, -0.15) is 0 Å². The Bertz CT molecular complexity index is 1130. The Labute approximate surface area is 179 Å². The number of anilines is 2. The van der Waals surface area contributed by atoms with Crippen molar-refractivity contribution in [3.8, 4) is 20.3 Å². The number of fused-ring (bicyclic) bond motifs is 1. The number of hydrogen-bond acceptors (Lipinski definition) is 6. The second-order valence-corrected chi connectivity index (χ2v) is 9.43. The minimum Gasteiger partial charge on any atom is -0.326 e. The van der Waals surface area contributed by atoms with Crippen LogP contribution in [0.2, 0.25) is 0 Å². The van der Waals surface area contributed by atoms with Crippen LogP contribution in [0.15, 0.2) is 59.3 Å². The van der Waals surface area contributed by atoms with Crippen molar-refractivity contribution < 1.29 is 9.59 Å². The highest BCUT2D eigenvalue weighted by Crippen LogP contribution is 2.43. The van der Waals surface area contributed by atoms with Crippen LogP contribution >= 0.6 is 34.0 Å². The van der Waals surface area contributed by atoms with E-state index in [0.29, 0.717) is 10.8 Å². The molecule has 0 radical (unpaired) electrons. The smallest absolute Gasteiger partial charge is 0.234 e. The van der Waals surface area contributed by atoms with Gasteiger partial charge in [-0.05, 0) is 34.5 Å². The van der Waals surface area contributed by atoms with E-state index in [2.05, 4.69) is 16.7 Å². The minimum atomic E-state index is -0.528. The standard InChI is InChI=1S/C21H15N3O2S3/c25-17-11-13(12-5-1-2-6-14(12)22-17)20(26)24-21-23-18(15-7-3-9-27-15)19(29-21)16-8-4-10-28-16/h1-10,13H,11H2,(H,22,25)(H,23,24,26)/t13-/m0/s1. The van der Waals surface area contributed by atoms with Crippen LogP contribution in [0.5, 0.6) is 0 Å².